The smallest absolute Gasteiger partial charge is 0.222 e. The van der Waals surface area contributed by atoms with E-state index in [0.29, 0.717) is 39.7 Å². The maximum Gasteiger partial charge on any atom is 0.222 e. The normalized spacial score (nSPS) is 19.5. The van der Waals surface area contributed by atoms with Crippen LogP contribution in [-0.2, 0) is 11.8 Å². The second-order valence-electron chi connectivity index (χ2n) is 9.36. The molecule has 35 heavy (non-hydrogen) atoms. The summed E-state index contributed by atoms with van der Waals surface area (Å²) in [6, 6.07) is 5.74. The molecular weight excluding hydrogens is 444 g/mol. The van der Waals surface area contributed by atoms with Gasteiger partial charge in [0.1, 0.15) is 34.6 Å². The maximum atomic E-state index is 11.3. The number of ether oxygens (including phenoxy) is 1. The lowest BCUT2D eigenvalue weighted by molar-refractivity contribution is -0.114. The molecule has 0 saturated heterocycles. The highest BCUT2D eigenvalue weighted by Crippen LogP contribution is 2.58. The molecule has 0 aromatic carbocycles. The van der Waals surface area contributed by atoms with Crippen LogP contribution >= 0.6 is 0 Å². The molecule has 3 aromatic rings. The Morgan fingerprint density at radius 1 is 1.31 bits per heavy atom. The Bertz CT molecular complexity index is 1470. The van der Waals surface area contributed by atoms with Gasteiger partial charge >= 0.3 is 0 Å². The van der Waals surface area contributed by atoms with Gasteiger partial charge in [0, 0.05) is 26.2 Å². The molecule has 4 heterocycles. The van der Waals surface area contributed by atoms with Crippen molar-refractivity contribution in [3.8, 4) is 17.6 Å². The summed E-state index contributed by atoms with van der Waals surface area (Å²) in [6.07, 6.45) is 11.4. The third-order valence-corrected chi connectivity index (χ3v) is 7.24. The summed E-state index contributed by atoms with van der Waals surface area (Å²) in [5.74, 6) is 2.21. The first-order chi connectivity index (χ1) is 17.0. The fraction of sp³-hybridized carbons (Fsp3) is 0.360. The summed E-state index contributed by atoms with van der Waals surface area (Å²) in [6.45, 7) is 1.40. The largest absolute Gasteiger partial charge is 0.454 e. The summed E-state index contributed by atoms with van der Waals surface area (Å²) in [5.41, 5.74) is 3.15. The molecule has 10 heteroatoms. The quantitative estimate of drug-likeness (QED) is 0.590. The second-order valence-corrected chi connectivity index (χ2v) is 9.36. The average molecular weight is 469 g/mol. The number of amidine groups is 1. The number of fused-ring (bicyclic) bond motifs is 3. The fourth-order valence-electron chi connectivity index (χ4n) is 5.43. The number of anilines is 2. The van der Waals surface area contributed by atoms with E-state index in [0.717, 1.165) is 12.3 Å². The van der Waals surface area contributed by atoms with E-state index in [2.05, 4.69) is 37.7 Å². The van der Waals surface area contributed by atoms with Gasteiger partial charge in [0.15, 0.2) is 11.4 Å². The number of aryl methyl sites for hydroxylation is 1. The predicted molar refractivity (Wildman–Crippen MR) is 130 cm³/mol. The number of aliphatic imine (C=N–C) groups is 1. The highest BCUT2D eigenvalue weighted by molar-refractivity contribution is 6.06. The number of pyridine rings is 2. The molecule has 2 fully saturated rings. The molecule has 0 radical (unpaired) electrons. The number of nitrogens with zero attached hydrogens (tertiary/aromatic N) is 6. The van der Waals surface area contributed by atoms with E-state index in [9.17, 15) is 10.1 Å². The van der Waals surface area contributed by atoms with Gasteiger partial charge in [0.2, 0.25) is 11.9 Å². The minimum absolute atomic E-state index is 0.237. The van der Waals surface area contributed by atoms with Gasteiger partial charge in [0.25, 0.3) is 0 Å². The first-order valence-corrected chi connectivity index (χ1v) is 11.7. The van der Waals surface area contributed by atoms with Crippen molar-refractivity contribution in [2.75, 3.05) is 10.6 Å². The van der Waals surface area contributed by atoms with Crippen LogP contribution in [0.5, 0.6) is 11.5 Å². The monoisotopic (exact) mass is 468 g/mol. The molecule has 6 rings (SSSR count). The van der Waals surface area contributed by atoms with Crippen LogP contribution in [0, 0.1) is 16.7 Å². The standard InChI is InChI=1S/C25H24N8O2/c1-14(34)29-20-10-15(5-9-27-20)35-19-13-28-23-22(16(19)12-26)33(2)24(32-23)31-21-11-17-18(30-21)4-8-25(17)6-3-7-25/h5,9-11,13,18H,3-4,6-8H2,1-2H3,(H,27,29,34)(H,28,30,31,32). The Kier molecular flexibility index (Phi) is 4.81. The molecule has 0 bridgehead atoms. The van der Waals surface area contributed by atoms with E-state index < -0.39 is 0 Å². The third-order valence-electron chi connectivity index (χ3n) is 7.24. The fourth-order valence-corrected chi connectivity index (χ4v) is 5.43. The molecular formula is C25H24N8O2. The van der Waals surface area contributed by atoms with Crippen molar-refractivity contribution in [2.24, 2.45) is 17.5 Å². The van der Waals surface area contributed by atoms with Crippen LogP contribution in [0.4, 0.5) is 11.8 Å². The third kappa shape index (κ3) is 3.51. The lowest BCUT2D eigenvalue weighted by atomic mass is 9.65. The lowest BCUT2D eigenvalue weighted by Crippen LogP contribution is -2.28. The van der Waals surface area contributed by atoms with Gasteiger partial charge in [-0.3, -0.25) is 9.79 Å². The van der Waals surface area contributed by atoms with Gasteiger partial charge in [-0.2, -0.15) is 10.2 Å². The van der Waals surface area contributed by atoms with Crippen molar-refractivity contribution in [3.63, 3.8) is 0 Å². The summed E-state index contributed by atoms with van der Waals surface area (Å²) in [4.78, 5) is 29.3. The number of amides is 1. The number of aromatic nitrogens is 4. The number of carbonyl (C=O) groups excluding carboxylic acids is 1. The Hall–Kier alpha value is -4.26. The van der Waals surface area contributed by atoms with Crippen molar-refractivity contribution >= 4 is 34.7 Å². The number of imidazole rings is 1. The first kappa shape index (κ1) is 21.3. The molecule has 1 amide bonds. The van der Waals surface area contributed by atoms with Gasteiger partial charge in [0.05, 0.1) is 12.2 Å². The van der Waals surface area contributed by atoms with Crippen molar-refractivity contribution in [3.05, 3.63) is 41.7 Å². The molecule has 2 saturated carbocycles. The second kappa shape index (κ2) is 7.91. The van der Waals surface area contributed by atoms with Gasteiger partial charge in [-0.05, 0) is 48.8 Å². The van der Waals surface area contributed by atoms with Crippen LogP contribution in [-0.4, -0.2) is 37.3 Å². The predicted octanol–water partition coefficient (Wildman–Crippen LogP) is 4.07. The summed E-state index contributed by atoms with van der Waals surface area (Å²) in [5, 5.41) is 15.9. The van der Waals surface area contributed by atoms with Crippen LogP contribution < -0.4 is 15.4 Å². The summed E-state index contributed by atoms with van der Waals surface area (Å²) < 4.78 is 7.75. The SMILES string of the molecule is CC(=O)Nc1cc(Oc2cnc3nc(NC4=NC5CCC6(CCC6)C5=C4)n(C)c3c2C#N)ccn1. The van der Waals surface area contributed by atoms with Crippen LogP contribution in [0.2, 0.25) is 0 Å². The van der Waals surface area contributed by atoms with E-state index >= 15 is 0 Å². The van der Waals surface area contributed by atoms with Crippen LogP contribution in [0.3, 0.4) is 0 Å². The van der Waals surface area contributed by atoms with Crippen molar-refractivity contribution < 1.29 is 9.53 Å². The zero-order valence-electron chi connectivity index (χ0n) is 19.5. The van der Waals surface area contributed by atoms with Gasteiger partial charge in [-0.1, -0.05) is 6.42 Å². The zero-order chi connectivity index (χ0) is 24.2. The first-order valence-electron chi connectivity index (χ1n) is 11.7. The minimum atomic E-state index is -0.237. The molecule has 1 atom stereocenters. The molecule has 10 nitrogen and oxygen atoms in total. The Morgan fingerprint density at radius 3 is 2.91 bits per heavy atom. The molecule has 2 aliphatic carbocycles. The van der Waals surface area contributed by atoms with E-state index in [1.54, 1.807) is 16.7 Å². The molecule has 3 aliphatic rings. The molecule has 2 N–H and O–H groups in total. The van der Waals surface area contributed by atoms with E-state index in [1.807, 2.05) is 7.05 Å². The molecule has 1 spiro atoms. The highest BCUT2D eigenvalue weighted by atomic mass is 16.5. The van der Waals surface area contributed by atoms with Gasteiger partial charge in [-0.15, -0.1) is 0 Å². The van der Waals surface area contributed by atoms with Crippen molar-refractivity contribution in [1.82, 2.24) is 19.5 Å². The van der Waals surface area contributed by atoms with Gasteiger partial charge in [-0.25, -0.2) is 9.97 Å². The number of nitrogens with one attached hydrogen (secondary N) is 2. The number of hydrogen-bond acceptors (Lipinski definition) is 8. The number of rotatable bonds is 4. The number of hydrogen-bond donors (Lipinski definition) is 2. The van der Waals surface area contributed by atoms with E-state index in [1.165, 1.54) is 50.6 Å². The topological polar surface area (TPSA) is 130 Å². The summed E-state index contributed by atoms with van der Waals surface area (Å²) in [7, 11) is 1.84. The highest BCUT2D eigenvalue weighted by Gasteiger charge is 2.49. The average Bonchev–Trinajstić information content (AvgIpc) is 3.45. The molecule has 176 valence electrons. The van der Waals surface area contributed by atoms with E-state index in [-0.39, 0.29) is 17.7 Å². The Labute approximate surface area is 201 Å². The maximum absolute atomic E-state index is 11.3. The number of nitriles is 1. The number of carbonyl (C=O) groups is 1. The lowest BCUT2D eigenvalue weighted by Gasteiger charge is -2.39. The zero-order valence-corrected chi connectivity index (χ0v) is 19.5. The van der Waals surface area contributed by atoms with E-state index in [4.69, 9.17) is 9.73 Å². The minimum Gasteiger partial charge on any atom is -0.454 e. The van der Waals surface area contributed by atoms with Crippen LogP contribution in [0.1, 0.15) is 44.6 Å². The van der Waals surface area contributed by atoms with Gasteiger partial charge < -0.3 is 19.9 Å². The summed E-state index contributed by atoms with van der Waals surface area (Å²) >= 11 is 0. The molecule has 3 aromatic heterocycles. The van der Waals surface area contributed by atoms with Crippen molar-refractivity contribution in [2.45, 2.75) is 45.1 Å². The van der Waals surface area contributed by atoms with Crippen molar-refractivity contribution in [1.29, 1.82) is 5.26 Å². The Morgan fingerprint density at radius 2 is 2.17 bits per heavy atom. The molecule has 1 unspecified atom stereocenters. The molecule has 1 aliphatic heterocycles. The Balaban J connectivity index is 1.30. The van der Waals surface area contributed by atoms with Crippen LogP contribution in [0.25, 0.3) is 11.2 Å². The van der Waals surface area contributed by atoms with Crippen LogP contribution in [0.15, 0.2) is 41.2 Å².